The summed E-state index contributed by atoms with van der Waals surface area (Å²) in [6.07, 6.45) is 3.45. The maximum atomic E-state index is 12.8. The Bertz CT molecular complexity index is 855. The third kappa shape index (κ3) is 3.01. The van der Waals surface area contributed by atoms with Gasteiger partial charge < -0.3 is 5.11 Å². The van der Waals surface area contributed by atoms with Crippen LogP contribution in [0, 0.1) is 0 Å². The molecule has 0 spiro atoms. The molecular weight excluding hydrogens is 328 g/mol. The highest BCUT2D eigenvalue weighted by Gasteiger charge is 2.43. The molecule has 5 heteroatoms. The second-order valence-electron chi connectivity index (χ2n) is 6.64. The predicted molar refractivity (Wildman–Crippen MR) is 99.9 cm³/mol. The van der Waals surface area contributed by atoms with Crippen LogP contribution >= 0.6 is 0 Å². The molecule has 0 bridgehead atoms. The minimum Gasteiger partial charge on any atom is -0.503 e. The minimum atomic E-state index is -0.650. The lowest BCUT2D eigenvalue weighted by atomic mass is 9.95. The fourth-order valence-corrected chi connectivity index (χ4v) is 3.23. The van der Waals surface area contributed by atoms with Crippen molar-refractivity contribution in [2.24, 2.45) is 0 Å². The third-order valence-electron chi connectivity index (χ3n) is 4.69. The molecule has 2 heterocycles. The van der Waals surface area contributed by atoms with Crippen LogP contribution < -0.4 is 4.90 Å². The molecule has 1 atom stereocenters. The van der Waals surface area contributed by atoms with E-state index in [-0.39, 0.29) is 17.8 Å². The summed E-state index contributed by atoms with van der Waals surface area (Å²) in [7, 11) is 0. The van der Waals surface area contributed by atoms with Crippen LogP contribution in [0.2, 0.25) is 0 Å². The first kappa shape index (κ1) is 17.9. The number of carbonyl (C=O) groups is 2. The van der Waals surface area contributed by atoms with E-state index >= 15 is 0 Å². The zero-order valence-electron chi connectivity index (χ0n) is 15.1. The van der Waals surface area contributed by atoms with E-state index in [9.17, 15) is 14.7 Å². The maximum Gasteiger partial charge on any atom is 0.294 e. The van der Waals surface area contributed by atoms with Crippen LogP contribution in [-0.2, 0) is 9.59 Å². The van der Waals surface area contributed by atoms with Crippen LogP contribution in [0.5, 0.6) is 0 Å². The van der Waals surface area contributed by atoms with E-state index in [4.69, 9.17) is 0 Å². The molecule has 2 aromatic rings. The molecule has 26 heavy (non-hydrogen) atoms. The minimum absolute atomic E-state index is 0.150. The van der Waals surface area contributed by atoms with Crippen LogP contribution in [0.3, 0.4) is 0 Å². The summed E-state index contributed by atoms with van der Waals surface area (Å²) in [5.41, 5.74) is 2.69. The zero-order chi connectivity index (χ0) is 18.8. The molecule has 0 fully saturated rings. The fourth-order valence-electron chi connectivity index (χ4n) is 3.23. The van der Waals surface area contributed by atoms with Crippen molar-refractivity contribution in [3.8, 4) is 0 Å². The second kappa shape index (κ2) is 7.12. The molecule has 1 aliphatic rings. The van der Waals surface area contributed by atoms with E-state index in [2.05, 4.69) is 18.8 Å². The Hall–Kier alpha value is -2.95. The largest absolute Gasteiger partial charge is 0.503 e. The quantitative estimate of drug-likeness (QED) is 0.882. The van der Waals surface area contributed by atoms with Gasteiger partial charge in [-0.2, -0.15) is 0 Å². The monoisotopic (exact) mass is 350 g/mol. The number of Topliss-reactive ketones (excluding diaryl/α,β-unsaturated/α-hetero) is 1. The van der Waals surface area contributed by atoms with Gasteiger partial charge in [0, 0.05) is 24.5 Å². The smallest absolute Gasteiger partial charge is 0.294 e. The number of aliphatic hydroxyl groups excluding tert-OH is 1. The normalized spacial score (nSPS) is 17.3. The van der Waals surface area contributed by atoms with Gasteiger partial charge in [-0.3, -0.25) is 19.5 Å². The molecule has 0 aliphatic carbocycles. The number of amides is 1. The van der Waals surface area contributed by atoms with Crippen molar-refractivity contribution in [3.63, 3.8) is 0 Å². The lowest BCUT2D eigenvalue weighted by molar-refractivity contribution is -0.118. The van der Waals surface area contributed by atoms with Crippen molar-refractivity contribution < 1.29 is 14.7 Å². The first-order valence-electron chi connectivity index (χ1n) is 8.75. The van der Waals surface area contributed by atoms with Crippen molar-refractivity contribution in [2.75, 3.05) is 4.90 Å². The van der Waals surface area contributed by atoms with Gasteiger partial charge in [0.25, 0.3) is 5.91 Å². The van der Waals surface area contributed by atoms with Gasteiger partial charge in [0.05, 0.1) is 11.6 Å². The standard InChI is InChI=1S/C21H22N2O3/c1-4-17(24)18-19(15-9-11-22-12-10-15)23(21(26)20(18)25)16-7-5-14(6-8-16)13(2)3/h5-13,19,25H,4H2,1-3H3. The van der Waals surface area contributed by atoms with Gasteiger partial charge in [0.1, 0.15) is 0 Å². The highest BCUT2D eigenvalue weighted by molar-refractivity contribution is 6.16. The van der Waals surface area contributed by atoms with Crippen LogP contribution in [0.15, 0.2) is 60.1 Å². The van der Waals surface area contributed by atoms with Gasteiger partial charge in [0.15, 0.2) is 11.5 Å². The Morgan fingerprint density at radius 2 is 1.77 bits per heavy atom. The van der Waals surface area contributed by atoms with E-state index < -0.39 is 17.7 Å². The summed E-state index contributed by atoms with van der Waals surface area (Å²) in [6.45, 7) is 5.92. The molecular formula is C21H22N2O3. The van der Waals surface area contributed by atoms with Crippen LogP contribution in [0.4, 0.5) is 5.69 Å². The molecule has 1 aromatic heterocycles. The van der Waals surface area contributed by atoms with E-state index in [1.165, 1.54) is 4.90 Å². The van der Waals surface area contributed by atoms with Crippen molar-refractivity contribution >= 4 is 17.4 Å². The molecule has 1 N–H and O–H groups in total. The third-order valence-corrected chi connectivity index (χ3v) is 4.69. The summed E-state index contributed by atoms with van der Waals surface area (Å²) in [5.74, 6) is -0.885. The fraction of sp³-hybridized carbons (Fsp3) is 0.286. The number of aromatic nitrogens is 1. The van der Waals surface area contributed by atoms with Gasteiger partial charge in [-0.15, -0.1) is 0 Å². The molecule has 0 radical (unpaired) electrons. The Labute approximate surface area is 153 Å². The van der Waals surface area contributed by atoms with Crippen LogP contribution in [-0.4, -0.2) is 21.8 Å². The first-order chi connectivity index (χ1) is 12.5. The second-order valence-corrected chi connectivity index (χ2v) is 6.64. The van der Waals surface area contributed by atoms with E-state index in [1.807, 2.05) is 24.3 Å². The molecule has 3 rings (SSSR count). The van der Waals surface area contributed by atoms with Crippen molar-refractivity contribution in [2.45, 2.75) is 39.2 Å². The van der Waals surface area contributed by atoms with Gasteiger partial charge in [0.2, 0.25) is 0 Å². The van der Waals surface area contributed by atoms with E-state index in [0.29, 0.717) is 11.6 Å². The van der Waals surface area contributed by atoms with Crippen LogP contribution in [0.1, 0.15) is 50.3 Å². The van der Waals surface area contributed by atoms with Gasteiger partial charge in [-0.25, -0.2) is 0 Å². The summed E-state index contributed by atoms with van der Waals surface area (Å²) in [4.78, 5) is 30.7. The number of aliphatic hydroxyl groups is 1. The molecule has 0 saturated heterocycles. The number of anilines is 1. The molecule has 1 aliphatic heterocycles. The summed E-state index contributed by atoms with van der Waals surface area (Å²) < 4.78 is 0. The Kier molecular flexibility index (Phi) is 4.89. The highest BCUT2D eigenvalue weighted by Crippen LogP contribution is 2.41. The molecule has 134 valence electrons. The Morgan fingerprint density at radius 1 is 1.15 bits per heavy atom. The van der Waals surface area contributed by atoms with Gasteiger partial charge >= 0.3 is 0 Å². The molecule has 1 aromatic carbocycles. The number of nitrogens with zero attached hydrogens (tertiary/aromatic N) is 2. The number of pyridine rings is 1. The number of carbonyl (C=O) groups excluding carboxylic acids is 2. The van der Waals surface area contributed by atoms with Crippen molar-refractivity contribution in [3.05, 3.63) is 71.3 Å². The Morgan fingerprint density at radius 3 is 2.31 bits per heavy atom. The van der Waals surface area contributed by atoms with Crippen LogP contribution in [0.25, 0.3) is 0 Å². The SMILES string of the molecule is CCC(=O)C1=C(O)C(=O)N(c2ccc(C(C)C)cc2)C1c1ccncc1. The molecule has 0 saturated carbocycles. The van der Waals surface area contributed by atoms with E-state index in [0.717, 1.165) is 11.1 Å². The highest BCUT2D eigenvalue weighted by atomic mass is 16.3. The average Bonchev–Trinajstić information content (AvgIpc) is 2.93. The summed E-state index contributed by atoms with van der Waals surface area (Å²) >= 11 is 0. The van der Waals surface area contributed by atoms with Gasteiger partial charge in [-0.1, -0.05) is 32.9 Å². The molecule has 1 amide bonds. The predicted octanol–water partition coefficient (Wildman–Crippen LogP) is 4.08. The lowest BCUT2D eigenvalue weighted by Gasteiger charge is -2.27. The van der Waals surface area contributed by atoms with Crippen molar-refractivity contribution in [1.82, 2.24) is 4.98 Å². The molecule has 5 nitrogen and oxygen atoms in total. The number of benzene rings is 1. The van der Waals surface area contributed by atoms with Gasteiger partial charge in [-0.05, 0) is 41.3 Å². The number of hydrogen-bond acceptors (Lipinski definition) is 4. The lowest BCUT2D eigenvalue weighted by Crippen LogP contribution is -2.31. The number of ketones is 1. The first-order valence-corrected chi connectivity index (χ1v) is 8.75. The summed E-state index contributed by atoms with van der Waals surface area (Å²) in [6, 6.07) is 10.5. The van der Waals surface area contributed by atoms with Crippen molar-refractivity contribution in [1.29, 1.82) is 0 Å². The number of hydrogen-bond donors (Lipinski definition) is 1. The topological polar surface area (TPSA) is 70.5 Å². The maximum absolute atomic E-state index is 12.8. The van der Waals surface area contributed by atoms with E-state index in [1.54, 1.807) is 31.5 Å². The Balaban J connectivity index is 2.11. The number of rotatable bonds is 5. The average molecular weight is 350 g/mol. The summed E-state index contributed by atoms with van der Waals surface area (Å²) in [5, 5.41) is 10.4. The molecule has 1 unspecified atom stereocenters. The zero-order valence-corrected chi connectivity index (χ0v) is 15.1.